The van der Waals surface area contributed by atoms with Crippen LogP contribution in [0.15, 0.2) is 29.1 Å². The highest BCUT2D eigenvalue weighted by molar-refractivity contribution is 6.07. The molecular formula is C11H12N4O2. The number of nitrogens with one attached hydrogen (secondary N) is 2. The molecule has 2 heterocycles. The van der Waals surface area contributed by atoms with Gasteiger partial charge < -0.3 is 15.2 Å². The van der Waals surface area contributed by atoms with Gasteiger partial charge in [-0.05, 0) is 13.0 Å². The molecule has 0 aliphatic carbocycles. The largest absolute Gasteiger partial charge is 0.387 e. The van der Waals surface area contributed by atoms with E-state index in [0.717, 1.165) is 11.4 Å². The first kappa shape index (κ1) is 11.1. The molecule has 0 spiro atoms. The van der Waals surface area contributed by atoms with E-state index in [4.69, 9.17) is 0 Å². The van der Waals surface area contributed by atoms with Crippen molar-refractivity contribution in [1.82, 2.24) is 10.1 Å². The first-order chi connectivity index (χ1) is 8.20. The third-order valence-corrected chi connectivity index (χ3v) is 2.23. The van der Waals surface area contributed by atoms with Gasteiger partial charge in [-0.15, -0.1) is 0 Å². The fourth-order valence-electron chi connectivity index (χ4n) is 1.41. The van der Waals surface area contributed by atoms with Crippen LogP contribution in [0.1, 0.15) is 16.1 Å². The number of carbonyl (C=O) groups excluding carboxylic acids is 1. The van der Waals surface area contributed by atoms with Crippen LogP contribution in [0.4, 0.5) is 11.5 Å². The van der Waals surface area contributed by atoms with E-state index in [1.54, 1.807) is 19.2 Å². The van der Waals surface area contributed by atoms with Gasteiger partial charge in [0.05, 0.1) is 11.3 Å². The summed E-state index contributed by atoms with van der Waals surface area (Å²) >= 11 is 0. The molecule has 2 rings (SSSR count). The summed E-state index contributed by atoms with van der Waals surface area (Å²) in [6.45, 7) is 1.86. The zero-order valence-electron chi connectivity index (χ0n) is 9.52. The number of aryl methyl sites for hydroxylation is 1. The Bertz CT molecular complexity index is 522. The summed E-state index contributed by atoms with van der Waals surface area (Å²) in [5.41, 5.74) is 2.02. The number of hydrogen-bond donors (Lipinski definition) is 2. The molecule has 0 aliphatic rings. The van der Waals surface area contributed by atoms with E-state index >= 15 is 0 Å². The number of pyridine rings is 1. The summed E-state index contributed by atoms with van der Waals surface area (Å²) in [6, 6.07) is 3.37. The summed E-state index contributed by atoms with van der Waals surface area (Å²) in [5.74, 6) is 0.0911. The third kappa shape index (κ3) is 2.41. The molecule has 2 aromatic rings. The molecule has 6 nitrogen and oxygen atoms in total. The van der Waals surface area contributed by atoms with Gasteiger partial charge in [-0.25, -0.2) is 0 Å². The number of nitrogens with zero attached hydrogens (tertiary/aromatic N) is 2. The van der Waals surface area contributed by atoms with Crippen LogP contribution in [0.5, 0.6) is 0 Å². The zero-order valence-corrected chi connectivity index (χ0v) is 9.52. The van der Waals surface area contributed by atoms with E-state index in [1.807, 2.05) is 6.92 Å². The molecular weight excluding hydrogens is 220 g/mol. The Labute approximate surface area is 98.0 Å². The highest BCUT2D eigenvalue weighted by Gasteiger charge is 2.12. The minimum absolute atomic E-state index is 0.282. The Hall–Kier alpha value is -2.37. The van der Waals surface area contributed by atoms with E-state index in [9.17, 15) is 4.79 Å². The molecule has 0 aliphatic heterocycles. The average Bonchev–Trinajstić information content (AvgIpc) is 2.81. The van der Waals surface area contributed by atoms with Crippen LogP contribution in [-0.4, -0.2) is 23.1 Å². The van der Waals surface area contributed by atoms with Gasteiger partial charge in [-0.2, -0.15) is 0 Å². The molecule has 0 radical (unpaired) electrons. The summed E-state index contributed by atoms with van der Waals surface area (Å²) in [4.78, 5) is 16.0. The van der Waals surface area contributed by atoms with Crippen LogP contribution in [0, 0.1) is 6.92 Å². The molecule has 0 atom stereocenters. The highest BCUT2D eigenvalue weighted by atomic mass is 16.5. The fraction of sp³-hybridized carbons (Fsp3) is 0.182. The second-order valence-electron chi connectivity index (χ2n) is 3.46. The summed E-state index contributed by atoms with van der Waals surface area (Å²) < 4.78 is 4.63. The molecule has 0 bridgehead atoms. The SMILES string of the molecule is CNc1cc(C)ncc1C(=O)Nc1ccon1. The fourth-order valence-corrected chi connectivity index (χ4v) is 1.41. The number of rotatable bonds is 3. The van der Waals surface area contributed by atoms with Crippen molar-refractivity contribution < 1.29 is 9.32 Å². The van der Waals surface area contributed by atoms with Crippen molar-refractivity contribution in [2.75, 3.05) is 17.7 Å². The number of amides is 1. The Kier molecular flexibility index (Phi) is 3.04. The van der Waals surface area contributed by atoms with E-state index in [-0.39, 0.29) is 5.91 Å². The van der Waals surface area contributed by atoms with Gasteiger partial charge >= 0.3 is 0 Å². The van der Waals surface area contributed by atoms with Crippen LogP contribution in [-0.2, 0) is 0 Å². The van der Waals surface area contributed by atoms with Crippen molar-refractivity contribution in [3.05, 3.63) is 35.9 Å². The van der Waals surface area contributed by atoms with Crippen LogP contribution in [0.3, 0.4) is 0 Å². The number of hydrogen-bond acceptors (Lipinski definition) is 5. The van der Waals surface area contributed by atoms with E-state index in [0.29, 0.717) is 11.4 Å². The van der Waals surface area contributed by atoms with Crippen molar-refractivity contribution >= 4 is 17.4 Å². The molecule has 2 N–H and O–H groups in total. The Morgan fingerprint density at radius 3 is 2.94 bits per heavy atom. The third-order valence-electron chi connectivity index (χ3n) is 2.23. The maximum Gasteiger partial charge on any atom is 0.260 e. The summed E-state index contributed by atoms with van der Waals surface area (Å²) in [5, 5.41) is 9.17. The van der Waals surface area contributed by atoms with Crippen LogP contribution in [0.25, 0.3) is 0 Å². The maximum absolute atomic E-state index is 11.9. The van der Waals surface area contributed by atoms with Gasteiger partial charge in [-0.1, -0.05) is 5.16 Å². The van der Waals surface area contributed by atoms with Crippen molar-refractivity contribution in [2.45, 2.75) is 6.92 Å². The van der Waals surface area contributed by atoms with Crippen LogP contribution in [0.2, 0.25) is 0 Å². The average molecular weight is 232 g/mol. The topological polar surface area (TPSA) is 80.0 Å². The molecule has 1 amide bonds. The minimum Gasteiger partial charge on any atom is -0.387 e. The van der Waals surface area contributed by atoms with E-state index in [2.05, 4.69) is 25.3 Å². The first-order valence-corrected chi connectivity index (χ1v) is 5.07. The highest BCUT2D eigenvalue weighted by Crippen LogP contribution is 2.16. The predicted octanol–water partition coefficient (Wildman–Crippen LogP) is 1.67. The number of anilines is 2. The van der Waals surface area contributed by atoms with Crippen molar-refractivity contribution in [1.29, 1.82) is 0 Å². The molecule has 88 valence electrons. The lowest BCUT2D eigenvalue weighted by atomic mass is 10.2. The molecule has 0 saturated heterocycles. The molecule has 0 saturated carbocycles. The molecule has 2 aromatic heterocycles. The van der Waals surface area contributed by atoms with Gasteiger partial charge in [-0.3, -0.25) is 9.78 Å². The smallest absolute Gasteiger partial charge is 0.260 e. The molecule has 17 heavy (non-hydrogen) atoms. The second-order valence-corrected chi connectivity index (χ2v) is 3.46. The van der Waals surface area contributed by atoms with E-state index in [1.165, 1.54) is 12.5 Å². The molecule has 6 heteroatoms. The van der Waals surface area contributed by atoms with Crippen molar-refractivity contribution in [3.8, 4) is 0 Å². The summed E-state index contributed by atoms with van der Waals surface area (Å²) in [7, 11) is 1.75. The van der Waals surface area contributed by atoms with E-state index < -0.39 is 0 Å². The normalized spacial score (nSPS) is 10.0. The van der Waals surface area contributed by atoms with Crippen LogP contribution >= 0.6 is 0 Å². The lowest BCUT2D eigenvalue weighted by Gasteiger charge is -2.08. The van der Waals surface area contributed by atoms with Gasteiger partial charge in [0.25, 0.3) is 5.91 Å². The maximum atomic E-state index is 11.9. The minimum atomic E-state index is -0.282. The lowest BCUT2D eigenvalue weighted by Crippen LogP contribution is -2.14. The quantitative estimate of drug-likeness (QED) is 0.841. The lowest BCUT2D eigenvalue weighted by molar-refractivity contribution is 0.102. The standard InChI is InChI=1S/C11H12N4O2/c1-7-5-9(12-2)8(6-13-7)11(16)14-10-3-4-17-15-10/h3-6H,1-2H3,(H,12,13)(H,14,15,16). The summed E-state index contributed by atoms with van der Waals surface area (Å²) in [6.07, 6.45) is 2.92. The van der Waals surface area contributed by atoms with Crippen LogP contribution < -0.4 is 10.6 Å². The number of aromatic nitrogens is 2. The molecule has 0 aromatic carbocycles. The first-order valence-electron chi connectivity index (χ1n) is 5.07. The molecule has 0 unspecified atom stereocenters. The van der Waals surface area contributed by atoms with Gasteiger partial charge in [0.2, 0.25) is 0 Å². The molecule has 0 fully saturated rings. The van der Waals surface area contributed by atoms with Gasteiger partial charge in [0, 0.05) is 25.0 Å². The Morgan fingerprint density at radius 2 is 2.29 bits per heavy atom. The Morgan fingerprint density at radius 1 is 1.47 bits per heavy atom. The predicted molar refractivity (Wildman–Crippen MR) is 63.0 cm³/mol. The van der Waals surface area contributed by atoms with Crippen molar-refractivity contribution in [3.63, 3.8) is 0 Å². The monoisotopic (exact) mass is 232 g/mol. The number of carbonyl (C=O) groups is 1. The second kappa shape index (κ2) is 4.65. The Balaban J connectivity index is 2.24. The van der Waals surface area contributed by atoms with Gasteiger partial charge in [0.15, 0.2) is 5.82 Å². The zero-order chi connectivity index (χ0) is 12.3. The van der Waals surface area contributed by atoms with Crippen molar-refractivity contribution in [2.24, 2.45) is 0 Å². The van der Waals surface area contributed by atoms with Gasteiger partial charge in [0.1, 0.15) is 6.26 Å².